The number of allylic oxidation sites excluding steroid dienone is 2. The molecule has 1 saturated carbocycles. The van der Waals surface area contributed by atoms with Crippen molar-refractivity contribution < 1.29 is 23.9 Å². The summed E-state index contributed by atoms with van der Waals surface area (Å²) in [5.74, 6) is -0.404. The van der Waals surface area contributed by atoms with Gasteiger partial charge >= 0.3 is 0 Å². The van der Waals surface area contributed by atoms with Crippen molar-refractivity contribution in [1.29, 1.82) is 0 Å². The van der Waals surface area contributed by atoms with Gasteiger partial charge in [0.1, 0.15) is 5.75 Å². The molecule has 2 aliphatic carbocycles. The summed E-state index contributed by atoms with van der Waals surface area (Å²) < 4.78 is 11.2. The molecule has 1 aromatic rings. The number of rotatable bonds is 6. The van der Waals surface area contributed by atoms with E-state index in [1.807, 2.05) is 37.2 Å². The summed E-state index contributed by atoms with van der Waals surface area (Å²) in [6.07, 6.45) is 6.47. The molecular formula is C24H28N4O5. The molecule has 33 heavy (non-hydrogen) atoms. The fourth-order valence-corrected chi connectivity index (χ4v) is 5.20. The van der Waals surface area contributed by atoms with Crippen molar-refractivity contribution >= 4 is 29.6 Å². The van der Waals surface area contributed by atoms with Crippen molar-refractivity contribution in [3.8, 4) is 5.75 Å². The summed E-state index contributed by atoms with van der Waals surface area (Å²) >= 11 is 0. The molecular weight excluding hydrogens is 424 g/mol. The van der Waals surface area contributed by atoms with E-state index >= 15 is 0 Å². The molecule has 4 atom stereocenters. The number of anilines is 1. The van der Waals surface area contributed by atoms with Crippen LogP contribution in [0.3, 0.4) is 0 Å². The molecule has 5 rings (SSSR count). The Morgan fingerprint density at radius 3 is 2.45 bits per heavy atom. The molecule has 4 aliphatic rings. The van der Waals surface area contributed by atoms with Crippen LogP contribution in [0.25, 0.3) is 0 Å². The second kappa shape index (κ2) is 8.62. The molecule has 1 aromatic carbocycles. The van der Waals surface area contributed by atoms with Gasteiger partial charge in [0.15, 0.2) is 6.61 Å². The van der Waals surface area contributed by atoms with Gasteiger partial charge in [0.25, 0.3) is 17.7 Å². The molecule has 0 spiro atoms. The number of carbonyl (C=O) groups is 3. The van der Waals surface area contributed by atoms with Gasteiger partial charge in [-0.2, -0.15) is 10.1 Å². The third-order valence-corrected chi connectivity index (χ3v) is 6.99. The van der Waals surface area contributed by atoms with Crippen molar-refractivity contribution in [3.63, 3.8) is 0 Å². The predicted molar refractivity (Wildman–Crippen MR) is 121 cm³/mol. The Balaban J connectivity index is 1.33. The van der Waals surface area contributed by atoms with Gasteiger partial charge in [-0.3, -0.25) is 14.4 Å². The highest BCUT2D eigenvalue weighted by molar-refractivity contribution is 6.07. The summed E-state index contributed by atoms with van der Waals surface area (Å²) in [4.78, 5) is 41.9. The van der Waals surface area contributed by atoms with E-state index in [0.717, 1.165) is 17.1 Å². The average molecular weight is 453 g/mol. The molecule has 2 heterocycles. The number of fused-ring (bicyclic) bond motifs is 5. The maximum absolute atomic E-state index is 12.9. The number of hydrogen-bond acceptors (Lipinski definition) is 7. The summed E-state index contributed by atoms with van der Waals surface area (Å²) in [5.41, 5.74) is 1.49. The number of amides is 3. The Morgan fingerprint density at radius 1 is 1.15 bits per heavy atom. The van der Waals surface area contributed by atoms with Gasteiger partial charge in [-0.05, 0) is 30.4 Å². The highest BCUT2D eigenvalue weighted by Crippen LogP contribution is 2.52. The van der Waals surface area contributed by atoms with E-state index in [0.29, 0.717) is 37.6 Å². The van der Waals surface area contributed by atoms with Gasteiger partial charge in [-0.1, -0.05) is 12.2 Å². The lowest BCUT2D eigenvalue weighted by Gasteiger charge is -2.27. The Morgan fingerprint density at radius 2 is 1.82 bits per heavy atom. The summed E-state index contributed by atoms with van der Waals surface area (Å²) in [5, 5.41) is 5.28. The highest BCUT2D eigenvalue weighted by Gasteiger charge is 2.59. The van der Waals surface area contributed by atoms with Crippen LogP contribution in [0.5, 0.6) is 5.75 Å². The first-order chi connectivity index (χ1) is 15.9. The van der Waals surface area contributed by atoms with E-state index in [4.69, 9.17) is 9.47 Å². The Bertz CT molecular complexity index is 1000. The zero-order valence-electron chi connectivity index (χ0n) is 18.8. The zero-order valence-corrected chi connectivity index (χ0v) is 18.8. The largest absolute Gasteiger partial charge is 0.483 e. The molecule has 9 heteroatoms. The minimum absolute atomic E-state index is 0.113. The minimum Gasteiger partial charge on any atom is -0.483 e. The van der Waals surface area contributed by atoms with Crippen LogP contribution in [-0.4, -0.2) is 80.9 Å². The van der Waals surface area contributed by atoms with E-state index in [-0.39, 0.29) is 48.0 Å². The maximum Gasteiger partial charge on any atom is 0.260 e. The monoisotopic (exact) mass is 452 g/mol. The van der Waals surface area contributed by atoms with Gasteiger partial charge in [0.05, 0.1) is 31.3 Å². The first-order valence-corrected chi connectivity index (χ1v) is 11.3. The smallest absolute Gasteiger partial charge is 0.260 e. The van der Waals surface area contributed by atoms with Crippen LogP contribution in [0.2, 0.25) is 0 Å². The summed E-state index contributed by atoms with van der Waals surface area (Å²) in [6.45, 7) is 2.03. The van der Waals surface area contributed by atoms with Crippen molar-refractivity contribution in [1.82, 2.24) is 9.91 Å². The van der Waals surface area contributed by atoms with Crippen molar-refractivity contribution in [2.24, 2.45) is 28.8 Å². The van der Waals surface area contributed by atoms with Gasteiger partial charge < -0.3 is 19.3 Å². The van der Waals surface area contributed by atoms with Crippen molar-refractivity contribution in [3.05, 3.63) is 35.9 Å². The number of morpholine rings is 1. The predicted octanol–water partition coefficient (Wildman–Crippen LogP) is 1.13. The van der Waals surface area contributed by atoms with Gasteiger partial charge in [0.2, 0.25) is 0 Å². The standard InChI is InChI=1S/C24H28N4O5/c1-26(2)18-6-5-17(19(12-18)33-14-20(29)27-7-9-32-10-8-27)13-25-28-23(30)21-15-3-4-16(11-15)22(21)24(28)31/h3-6,12-13,15-16,21-22H,7-11,14H2,1-2H3/t15-,16-,21-,22+/m0/s1. The number of ether oxygens (including phenoxy) is 2. The topological polar surface area (TPSA) is 91.8 Å². The highest BCUT2D eigenvalue weighted by atomic mass is 16.5. The minimum atomic E-state index is -0.289. The average Bonchev–Trinajstić information content (AvgIpc) is 3.51. The molecule has 174 valence electrons. The van der Waals surface area contributed by atoms with Crippen LogP contribution in [0.1, 0.15) is 12.0 Å². The molecule has 0 aromatic heterocycles. The molecule has 0 radical (unpaired) electrons. The lowest BCUT2D eigenvalue weighted by Crippen LogP contribution is -2.43. The van der Waals surface area contributed by atoms with Crippen LogP contribution in [-0.2, 0) is 19.1 Å². The van der Waals surface area contributed by atoms with Crippen LogP contribution in [0, 0.1) is 23.7 Å². The van der Waals surface area contributed by atoms with Gasteiger partial charge in [-0.15, -0.1) is 0 Å². The molecule has 2 saturated heterocycles. The van der Waals surface area contributed by atoms with Crippen LogP contribution >= 0.6 is 0 Å². The second-order valence-corrected chi connectivity index (χ2v) is 9.13. The molecule has 2 bridgehead atoms. The molecule has 3 amide bonds. The first kappa shape index (κ1) is 21.6. The fourth-order valence-electron chi connectivity index (χ4n) is 5.20. The Labute approximate surface area is 192 Å². The number of hydrazone groups is 1. The zero-order chi connectivity index (χ0) is 23.1. The number of hydrogen-bond donors (Lipinski definition) is 0. The van der Waals surface area contributed by atoms with Crippen molar-refractivity contribution in [2.45, 2.75) is 6.42 Å². The Hall–Kier alpha value is -3.20. The van der Waals surface area contributed by atoms with Gasteiger partial charge in [0, 0.05) is 44.5 Å². The van der Waals surface area contributed by atoms with E-state index < -0.39 is 0 Å². The van der Waals surface area contributed by atoms with Crippen LogP contribution in [0.4, 0.5) is 5.69 Å². The number of imide groups is 1. The van der Waals surface area contributed by atoms with Gasteiger partial charge in [-0.25, -0.2) is 0 Å². The molecule has 3 fully saturated rings. The van der Waals surface area contributed by atoms with E-state index in [2.05, 4.69) is 17.3 Å². The third kappa shape index (κ3) is 3.90. The normalized spacial score (nSPS) is 28.2. The molecule has 9 nitrogen and oxygen atoms in total. The fraction of sp³-hybridized carbons (Fsp3) is 0.500. The lowest BCUT2D eigenvalue weighted by molar-refractivity contribution is -0.140. The number of nitrogens with zero attached hydrogens (tertiary/aromatic N) is 4. The summed E-state index contributed by atoms with van der Waals surface area (Å²) in [7, 11) is 3.82. The second-order valence-electron chi connectivity index (χ2n) is 9.13. The van der Waals surface area contributed by atoms with E-state index in [1.165, 1.54) is 6.21 Å². The van der Waals surface area contributed by atoms with E-state index in [1.54, 1.807) is 4.90 Å². The number of carbonyl (C=O) groups excluding carboxylic acids is 3. The quantitative estimate of drug-likeness (QED) is 0.365. The third-order valence-electron chi connectivity index (χ3n) is 6.99. The molecule has 2 aliphatic heterocycles. The van der Waals surface area contributed by atoms with E-state index in [9.17, 15) is 14.4 Å². The maximum atomic E-state index is 12.9. The van der Waals surface area contributed by atoms with Crippen molar-refractivity contribution in [2.75, 3.05) is 51.9 Å². The molecule has 0 unspecified atom stereocenters. The SMILES string of the molecule is CN(C)c1ccc(C=NN2C(=O)[C@@H]3[C@H](C2=O)[C@H]2C=C[C@H]3C2)c(OCC(=O)N2CCOCC2)c1. The Kier molecular flexibility index (Phi) is 5.65. The van der Waals surface area contributed by atoms with Crippen LogP contribution in [0.15, 0.2) is 35.5 Å². The number of benzene rings is 1. The van der Waals surface area contributed by atoms with Crippen LogP contribution < -0.4 is 9.64 Å². The molecule has 0 N–H and O–H groups in total. The first-order valence-electron chi connectivity index (χ1n) is 11.3. The lowest BCUT2D eigenvalue weighted by atomic mass is 9.85. The summed E-state index contributed by atoms with van der Waals surface area (Å²) in [6, 6.07) is 5.52.